The molecule has 1 aromatic rings. The minimum atomic E-state index is 0.0463. The lowest BCUT2D eigenvalue weighted by atomic mass is 10.2. The van der Waals surface area contributed by atoms with Crippen molar-refractivity contribution in [2.75, 3.05) is 5.73 Å². The average Bonchev–Trinajstić information content (AvgIpc) is 1.82. The molecule has 1 rings (SSSR count). The number of benzene rings is 1. The van der Waals surface area contributed by atoms with Gasteiger partial charge in [0.05, 0.1) is 10.7 Å². The van der Waals surface area contributed by atoms with E-state index in [0.717, 1.165) is 5.56 Å². The molecule has 0 spiro atoms. The van der Waals surface area contributed by atoms with Gasteiger partial charge in [-0.2, -0.15) is 0 Å². The van der Waals surface area contributed by atoms with Gasteiger partial charge in [-0.1, -0.05) is 11.6 Å². The Morgan fingerprint density at radius 2 is 2.10 bits per heavy atom. The third-order valence-electron chi connectivity index (χ3n) is 1.25. The van der Waals surface area contributed by atoms with Gasteiger partial charge < -0.3 is 10.8 Å². The molecular weight excluding hydrogens is 150 g/mol. The van der Waals surface area contributed by atoms with Crippen LogP contribution < -0.4 is 5.73 Å². The van der Waals surface area contributed by atoms with E-state index in [1.54, 1.807) is 12.1 Å². The van der Waals surface area contributed by atoms with E-state index in [9.17, 15) is 0 Å². The third kappa shape index (κ3) is 1.16. The molecule has 1 aromatic carbocycles. The van der Waals surface area contributed by atoms with Gasteiger partial charge in [0, 0.05) is 0 Å². The van der Waals surface area contributed by atoms with Gasteiger partial charge in [0.25, 0.3) is 0 Å². The molecule has 0 saturated heterocycles. The van der Waals surface area contributed by atoms with Gasteiger partial charge in [-0.05, 0) is 24.6 Å². The van der Waals surface area contributed by atoms with Crippen molar-refractivity contribution in [3.63, 3.8) is 0 Å². The van der Waals surface area contributed by atoms with Gasteiger partial charge in [-0.3, -0.25) is 0 Å². The number of hydrogen-bond acceptors (Lipinski definition) is 2. The second kappa shape index (κ2) is 2.39. The Morgan fingerprint density at radius 1 is 1.50 bits per heavy atom. The fraction of sp³-hybridized carbons (Fsp3) is 0.143. The van der Waals surface area contributed by atoms with E-state index < -0.39 is 0 Å². The number of phenols is 1. The Kier molecular flexibility index (Phi) is 1.72. The summed E-state index contributed by atoms with van der Waals surface area (Å²) < 4.78 is 0. The highest BCUT2D eigenvalue weighted by molar-refractivity contribution is 6.33. The summed E-state index contributed by atoms with van der Waals surface area (Å²) in [6.07, 6.45) is 0. The molecule has 3 N–H and O–H groups in total. The normalized spacial score (nSPS) is 9.80. The van der Waals surface area contributed by atoms with Crippen LogP contribution in [0.2, 0.25) is 5.02 Å². The maximum atomic E-state index is 9.07. The number of anilines is 1. The van der Waals surface area contributed by atoms with Crippen molar-refractivity contribution >= 4 is 17.3 Å². The molecule has 0 radical (unpaired) electrons. The van der Waals surface area contributed by atoms with E-state index in [4.69, 9.17) is 22.4 Å². The minimum absolute atomic E-state index is 0.0463. The van der Waals surface area contributed by atoms with Crippen LogP contribution in [0.5, 0.6) is 5.75 Å². The summed E-state index contributed by atoms with van der Waals surface area (Å²) in [5.74, 6) is 0.0463. The standard InChI is InChI=1S/C7H8ClNO/c1-4-2-5(8)7(9)6(10)3-4/h2-3,10H,9H2,1H3. The number of aryl methyl sites for hydroxylation is 1. The lowest BCUT2D eigenvalue weighted by Crippen LogP contribution is -1.87. The Labute approximate surface area is 64.2 Å². The van der Waals surface area contributed by atoms with E-state index in [-0.39, 0.29) is 11.4 Å². The highest BCUT2D eigenvalue weighted by atomic mass is 35.5. The topological polar surface area (TPSA) is 46.2 Å². The van der Waals surface area contributed by atoms with E-state index in [2.05, 4.69) is 0 Å². The Hall–Kier alpha value is -0.890. The van der Waals surface area contributed by atoms with Crippen LogP contribution in [0, 0.1) is 6.92 Å². The molecule has 2 nitrogen and oxygen atoms in total. The number of aromatic hydroxyl groups is 1. The summed E-state index contributed by atoms with van der Waals surface area (Å²) in [6, 6.07) is 3.28. The van der Waals surface area contributed by atoms with Crippen molar-refractivity contribution in [1.29, 1.82) is 0 Å². The molecule has 0 aromatic heterocycles. The fourth-order valence-electron chi connectivity index (χ4n) is 0.735. The fourth-order valence-corrected chi connectivity index (χ4v) is 1.00. The van der Waals surface area contributed by atoms with Crippen molar-refractivity contribution in [1.82, 2.24) is 0 Å². The van der Waals surface area contributed by atoms with Crippen LogP contribution in [0.25, 0.3) is 0 Å². The monoisotopic (exact) mass is 157 g/mol. The molecule has 0 aliphatic carbocycles. The van der Waals surface area contributed by atoms with Crippen molar-refractivity contribution in [2.45, 2.75) is 6.92 Å². The molecule has 0 amide bonds. The zero-order chi connectivity index (χ0) is 7.72. The summed E-state index contributed by atoms with van der Waals surface area (Å²) in [5, 5.41) is 9.47. The maximum absolute atomic E-state index is 9.07. The molecule has 10 heavy (non-hydrogen) atoms. The van der Waals surface area contributed by atoms with E-state index in [0.29, 0.717) is 5.02 Å². The van der Waals surface area contributed by atoms with Crippen LogP contribution >= 0.6 is 11.6 Å². The second-order valence-corrected chi connectivity index (χ2v) is 2.59. The number of nitrogens with two attached hydrogens (primary N) is 1. The third-order valence-corrected chi connectivity index (χ3v) is 1.56. The smallest absolute Gasteiger partial charge is 0.140 e. The molecule has 0 atom stereocenters. The molecule has 0 aliphatic rings. The quantitative estimate of drug-likeness (QED) is 0.447. The molecule has 0 fully saturated rings. The zero-order valence-corrected chi connectivity index (χ0v) is 6.31. The summed E-state index contributed by atoms with van der Waals surface area (Å²) in [6.45, 7) is 1.84. The molecule has 54 valence electrons. The molecule has 0 saturated carbocycles. The SMILES string of the molecule is Cc1cc(O)c(N)c(Cl)c1. The molecule has 0 bridgehead atoms. The first-order chi connectivity index (χ1) is 4.61. The molecule has 0 unspecified atom stereocenters. The first-order valence-corrected chi connectivity index (χ1v) is 3.23. The van der Waals surface area contributed by atoms with Gasteiger partial charge in [-0.15, -0.1) is 0 Å². The van der Waals surface area contributed by atoms with Gasteiger partial charge in [0.15, 0.2) is 0 Å². The van der Waals surface area contributed by atoms with Crippen molar-refractivity contribution in [3.05, 3.63) is 22.7 Å². The van der Waals surface area contributed by atoms with E-state index in [1.165, 1.54) is 0 Å². The van der Waals surface area contributed by atoms with Gasteiger partial charge in [0.1, 0.15) is 5.75 Å². The van der Waals surface area contributed by atoms with Gasteiger partial charge in [0.2, 0.25) is 0 Å². The first kappa shape index (κ1) is 7.22. The predicted molar refractivity (Wildman–Crippen MR) is 42.3 cm³/mol. The van der Waals surface area contributed by atoms with Crippen LogP contribution in [0.3, 0.4) is 0 Å². The average molecular weight is 158 g/mol. The van der Waals surface area contributed by atoms with Crippen LogP contribution in [-0.2, 0) is 0 Å². The van der Waals surface area contributed by atoms with Crippen molar-refractivity contribution in [2.24, 2.45) is 0 Å². The van der Waals surface area contributed by atoms with Crippen LogP contribution in [0.4, 0.5) is 5.69 Å². The van der Waals surface area contributed by atoms with Crippen molar-refractivity contribution < 1.29 is 5.11 Å². The second-order valence-electron chi connectivity index (χ2n) is 2.18. The lowest BCUT2D eigenvalue weighted by Gasteiger charge is -2.01. The first-order valence-electron chi connectivity index (χ1n) is 2.86. The van der Waals surface area contributed by atoms with E-state index in [1.807, 2.05) is 6.92 Å². The lowest BCUT2D eigenvalue weighted by molar-refractivity contribution is 0.477. The summed E-state index contributed by atoms with van der Waals surface area (Å²) in [5.41, 5.74) is 6.51. The minimum Gasteiger partial charge on any atom is -0.506 e. The van der Waals surface area contributed by atoms with Gasteiger partial charge >= 0.3 is 0 Å². The highest BCUT2D eigenvalue weighted by Gasteiger charge is 2.01. The Morgan fingerprint density at radius 3 is 2.60 bits per heavy atom. The predicted octanol–water partition coefficient (Wildman–Crippen LogP) is 1.94. The van der Waals surface area contributed by atoms with Crippen molar-refractivity contribution in [3.8, 4) is 5.75 Å². The number of hydrogen-bond donors (Lipinski definition) is 2. The number of phenolic OH excluding ortho intramolecular Hbond substituents is 1. The Balaban J connectivity index is 3.31. The summed E-state index contributed by atoms with van der Waals surface area (Å²) >= 11 is 5.63. The molecular formula is C7H8ClNO. The van der Waals surface area contributed by atoms with Crippen LogP contribution in [0.15, 0.2) is 12.1 Å². The molecule has 3 heteroatoms. The van der Waals surface area contributed by atoms with E-state index >= 15 is 0 Å². The summed E-state index contributed by atoms with van der Waals surface area (Å²) in [4.78, 5) is 0. The highest BCUT2D eigenvalue weighted by Crippen LogP contribution is 2.29. The zero-order valence-electron chi connectivity index (χ0n) is 5.56. The Bertz CT molecular complexity index is 237. The number of rotatable bonds is 0. The number of halogens is 1. The maximum Gasteiger partial charge on any atom is 0.140 e. The molecule has 0 heterocycles. The molecule has 0 aliphatic heterocycles. The summed E-state index contributed by atoms with van der Waals surface area (Å²) in [7, 11) is 0. The number of nitrogen functional groups attached to an aromatic ring is 1. The van der Waals surface area contributed by atoms with Gasteiger partial charge in [-0.25, -0.2) is 0 Å². The van der Waals surface area contributed by atoms with Crippen LogP contribution in [-0.4, -0.2) is 5.11 Å². The largest absolute Gasteiger partial charge is 0.506 e. The van der Waals surface area contributed by atoms with Crippen LogP contribution in [0.1, 0.15) is 5.56 Å².